The molecule has 11 nitrogen and oxygen atoms in total. The maximum absolute atomic E-state index is 12.0. The SMILES string of the molecule is Cc1ccc2cccc(N=Nc3ccc(NNc4ccc(N)c5c(S(=O)(=O)O)cccc45)c4cc(S(=O)(=O)O)ccc34)c2c1. The zero-order valence-corrected chi connectivity index (χ0v) is 24.7. The lowest BCUT2D eigenvalue weighted by atomic mass is 10.1. The second kappa shape index (κ2) is 10.9. The summed E-state index contributed by atoms with van der Waals surface area (Å²) < 4.78 is 67.4. The second-order valence-corrected chi connectivity index (χ2v) is 12.9. The third kappa shape index (κ3) is 5.52. The Bertz CT molecular complexity index is 2380. The lowest BCUT2D eigenvalue weighted by Crippen LogP contribution is -2.10. The Labute approximate surface area is 252 Å². The topological polar surface area (TPSA) is 184 Å². The first-order valence-electron chi connectivity index (χ1n) is 13.2. The van der Waals surface area contributed by atoms with Crippen LogP contribution in [0.3, 0.4) is 0 Å². The smallest absolute Gasteiger partial charge is 0.295 e. The number of hydrogen-bond acceptors (Lipinski definition) is 9. The van der Waals surface area contributed by atoms with Gasteiger partial charge in [-0.1, -0.05) is 48.0 Å². The molecule has 0 heterocycles. The Balaban J connectivity index is 1.43. The van der Waals surface area contributed by atoms with Crippen LogP contribution in [0.5, 0.6) is 0 Å². The Morgan fingerprint density at radius 1 is 0.636 bits per heavy atom. The summed E-state index contributed by atoms with van der Waals surface area (Å²) in [6.07, 6.45) is 0. The predicted octanol–water partition coefficient (Wildman–Crippen LogP) is 7.38. The number of azo groups is 1. The molecule has 0 saturated carbocycles. The Morgan fingerprint density at radius 2 is 1.32 bits per heavy atom. The lowest BCUT2D eigenvalue weighted by Gasteiger charge is -2.16. The van der Waals surface area contributed by atoms with Crippen molar-refractivity contribution in [3.63, 3.8) is 0 Å². The first-order valence-corrected chi connectivity index (χ1v) is 16.0. The zero-order valence-electron chi connectivity index (χ0n) is 23.1. The number of hydrazine groups is 1. The summed E-state index contributed by atoms with van der Waals surface area (Å²) in [7, 11) is -9.08. The van der Waals surface area contributed by atoms with Gasteiger partial charge in [0.05, 0.1) is 27.6 Å². The molecule has 6 N–H and O–H groups in total. The third-order valence-electron chi connectivity index (χ3n) is 7.19. The molecule has 6 aromatic carbocycles. The van der Waals surface area contributed by atoms with Gasteiger partial charge in [-0.15, -0.1) is 10.2 Å². The van der Waals surface area contributed by atoms with E-state index in [1.165, 1.54) is 36.4 Å². The van der Waals surface area contributed by atoms with E-state index in [2.05, 4.69) is 21.1 Å². The van der Waals surface area contributed by atoms with E-state index >= 15 is 0 Å². The summed E-state index contributed by atoms with van der Waals surface area (Å²) in [6, 6.07) is 26.8. The molecule has 6 aromatic rings. The van der Waals surface area contributed by atoms with Crippen molar-refractivity contribution in [2.24, 2.45) is 10.2 Å². The fourth-order valence-electron chi connectivity index (χ4n) is 5.09. The number of benzene rings is 6. The average molecular weight is 628 g/mol. The van der Waals surface area contributed by atoms with Crippen molar-refractivity contribution >= 4 is 81.0 Å². The van der Waals surface area contributed by atoms with E-state index < -0.39 is 20.2 Å². The van der Waals surface area contributed by atoms with Gasteiger partial charge in [-0.05, 0) is 66.9 Å². The fraction of sp³-hybridized carbons (Fsp3) is 0.0323. The second-order valence-electron chi connectivity index (χ2n) is 10.1. The van der Waals surface area contributed by atoms with Crippen LogP contribution in [-0.4, -0.2) is 25.9 Å². The van der Waals surface area contributed by atoms with Crippen molar-refractivity contribution in [3.8, 4) is 0 Å². The number of nitrogen functional groups attached to an aromatic ring is 1. The van der Waals surface area contributed by atoms with E-state index in [1.807, 2.05) is 43.3 Å². The fourth-order valence-corrected chi connectivity index (χ4v) is 6.33. The average Bonchev–Trinajstić information content (AvgIpc) is 2.98. The van der Waals surface area contributed by atoms with Crippen LogP contribution in [0, 0.1) is 6.92 Å². The minimum atomic E-state index is -4.56. The van der Waals surface area contributed by atoms with E-state index in [0.29, 0.717) is 38.9 Å². The summed E-state index contributed by atoms with van der Waals surface area (Å²) in [5.41, 5.74) is 15.3. The van der Waals surface area contributed by atoms with Crippen molar-refractivity contribution in [3.05, 3.63) is 103 Å². The quantitative estimate of drug-likeness (QED) is 0.0521. The highest BCUT2D eigenvalue weighted by molar-refractivity contribution is 7.86. The summed E-state index contributed by atoms with van der Waals surface area (Å²) in [5.74, 6) is 0. The van der Waals surface area contributed by atoms with Gasteiger partial charge in [0.25, 0.3) is 20.2 Å². The summed E-state index contributed by atoms with van der Waals surface area (Å²) in [4.78, 5) is -0.655. The van der Waals surface area contributed by atoms with Gasteiger partial charge in [0.2, 0.25) is 0 Å². The molecule has 0 bridgehead atoms. The van der Waals surface area contributed by atoms with E-state index in [4.69, 9.17) is 5.73 Å². The minimum absolute atomic E-state index is 0.139. The molecule has 222 valence electrons. The van der Waals surface area contributed by atoms with Crippen LogP contribution in [0.1, 0.15) is 5.56 Å². The molecule has 0 spiro atoms. The first-order chi connectivity index (χ1) is 20.9. The number of fused-ring (bicyclic) bond motifs is 3. The van der Waals surface area contributed by atoms with Crippen LogP contribution < -0.4 is 16.6 Å². The minimum Gasteiger partial charge on any atom is -0.398 e. The molecule has 0 aliphatic carbocycles. The van der Waals surface area contributed by atoms with Crippen molar-refractivity contribution in [1.82, 2.24) is 0 Å². The molecule has 44 heavy (non-hydrogen) atoms. The molecule has 6 rings (SSSR count). The molecule has 13 heteroatoms. The largest absolute Gasteiger partial charge is 0.398 e. The van der Waals surface area contributed by atoms with Gasteiger partial charge in [0.1, 0.15) is 4.90 Å². The van der Waals surface area contributed by atoms with Crippen LogP contribution >= 0.6 is 0 Å². The number of nitrogens with zero attached hydrogens (tertiary/aromatic N) is 2. The van der Waals surface area contributed by atoms with Crippen LogP contribution in [0.15, 0.2) is 117 Å². The van der Waals surface area contributed by atoms with Gasteiger partial charge in [-0.3, -0.25) is 9.11 Å². The molecule has 0 aromatic heterocycles. The van der Waals surface area contributed by atoms with Crippen LogP contribution in [0.4, 0.5) is 28.4 Å². The molecule has 0 radical (unpaired) electrons. The highest BCUT2D eigenvalue weighted by atomic mass is 32.2. The van der Waals surface area contributed by atoms with E-state index in [9.17, 15) is 25.9 Å². The normalized spacial score (nSPS) is 12.3. The molecular weight excluding hydrogens is 603 g/mol. The number of aryl methyl sites for hydroxylation is 1. The maximum atomic E-state index is 12.0. The summed E-state index contributed by atoms with van der Waals surface area (Å²) in [5, 5.41) is 12.4. The molecule has 0 saturated heterocycles. The van der Waals surface area contributed by atoms with E-state index in [-0.39, 0.29) is 20.9 Å². The number of hydrogen-bond donors (Lipinski definition) is 5. The number of rotatable bonds is 7. The molecule has 0 aliphatic heterocycles. The summed E-state index contributed by atoms with van der Waals surface area (Å²) in [6.45, 7) is 1.99. The lowest BCUT2D eigenvalue weighted by molar-refractivity contribution is 0.481. The molecular formula is C31H25N5O6S2. The van der Waals surface area contributed by atoms with Gasteiger partial charge in [0.15, 0.2) is 0 Å². The van der Waals surface area contributed by atoms with Crippen LogP contribution in [-0.2, 0) is 20.2 Å². The van der Waals surface area contributed by atoms with Gasteiger partial charge < -0.3 is 16.6 Å². The van der Waals surface area contributed by atoms with Gasteiger partial charge in [-0.2, -0.15) is 16.8 Å². The highest BCUT2D eigenvalue weighted by Crippen LogP contribution is 2.37. The Kier molecular flexibility index (Phi) is 7.18. The standard InChI is InChI=1S/C31H25N5O6S2/c1-18-8-9-19-4-2-6-26(23(19)16-18)33-34-27-14-15-29(24-17-20(43(37,38)39)10-11-21(24)27)36-35-28-13-12-25(32)31-22(28)5-3-7-30(31)44(40,41)42/h2-17,35-36H,32H2,1H3,(H,37,38,39)(H,40,41,42). The molecule has 0 unspecified atom stereocenters. The van der Waals surface area contributed by atoms with Crippen molar-refractivity contribution < 1.29 is 25.9 Å². The van der Waals surface area contributed by atoms with Crippen LogP contribution in [0.25, 0.3) is 32.3 Å². The number of anilines is 3. The van der Waals surface area contributed by atoms with Gasteiger partial charge in [-0.25, -0.2) is 0 Å². The number of nitrogens with one attached hydrogen (secondary N) is 2. The van der Waals surface area contributed by atoms with Crippen molar-refractivity contribution in [2.75, 3.05) is 16.6 Å². The van der Waals surface area contributed by atoms with Crippen LogP contribution in [0.2, 0.25) is 0 Å². The van der Waals surface area contributed by atoms with Crippen molar-refractivity contribution in [1.29, 1.82) is 0 Å². The number of nitrogens with two attached hydrogens (primary N) is 1. The van der Waals surface area contributed by atoms with Gasteiger partial charge in [0, 0.05) is 32.6 Å². The first kappa shape index (κ1) is 29.0. The zero-order chi connectivity index (χ0) is 31.2. The van der Waals surface area contributed by atoms with Crippen molar-refractivity contribution in [2.45, 2.75) is 16.7 Å². The van der Waals surface area contributed by atoms with Gasteiger partial charge >= 0.3 is 0 Å². The highest BCUT2D eigenvalue weighted by Gasteiger charge is 2.18. The molecule has 0 atom stereocenters. The Hall–Kier alpha value is -5.08. The predicted molar refractivity (Wildman–Crippen MR) is 172 cm³/mol. The third-order valence-corrected chi connectivity index (χ3v) is 8.93. The molecule has 0 fully saturated rings. The van der Waals surface area contributed by atoms with E-state index in [0.717, 1.165) is 16.3 Å². The maximum Gasteiger partial charge on any atom is 0.295 e. The Morgan fingerprint density at radius 3 is 2.05 bits per heavy atom. The van der Waals surface area contributed by atoms with E-state index in [1.54, 1.807) is 24.3 Å². The molecule has 0 amide bonds. The summed E-state index contributed by atoms with van der Waals surface area (Å²) >= 11 is 0. The monoisotopic (exact) mass is 627 g/mol. The molecule has 0 aliphatic rings.